The van der Waals surface area contributed by atoms with Gasteiger partial charge in [-0.15, -0.1) is 22.9 Å². The topological polar surface area (TPSA) is 29.1 Å². The van der Waals surface area contributed by atoms with Crippen molar-refractivity contribution in [3.63, 3.8) is 0 Å². The van der Waals surface area contributed by atoms with E-state index < -0.39 is 0 Å². The molecule has 1 heterocycles. The first-order valence-electron chi connectivity index (χ1n) is 3.74. The van der Waals surface area contributed by atoms with Gasteiger partial charge in [-0.3, -0.25) is 4.79 Å². The van der Waals surface area contributed by atoms with E-state index in [1.165, 1.54) is 11.3 Å². The number of alkyl halides is 1. The molecule has 2 nitrogen and oxygen atoms in total. The summed E-state index contributed by atoms with van der Waals surface area (Å²) in [5.41, 5.74) is 0.933. The van der Waals surface area contributed by atoms with E-state index in [1.54, 1.807) is 0 Å². The van der Waals surface area contributed by atoms with Crippen molar-refractivity contribution in [2.45, 2.75) is 6.92 Å². The number of nitrogens with one attached hydrogen (secondary N) is 1. The molecule has 0 aliphatic rings. The Labute approximate surface area is 90.8 Å². The van der Waals surface area contributed by atoms with Gasteiger partial charge in [0, 0.05) is 12.4 Å². The van der Waals surface area contributed by atoms with Crippen molar-refractivity contribution >= 4 is 40.4 Å². The second-order valence-electron chi connectivity index (χ2n) is 2.51. The van der Waals surface area contributed by atoms with Gasteiger partial charge in [-0.1, -0.05) is 11.6 Å². The van der Waals surface area contributed by atoms with E-state index in [1.807, 2.05) is 12.3 Å². The quantitative estimate of drug-likeness (QED) is 0.806. The van der Waals surface area contributed by atoms with Crippen LogP contribution in [0.3, 0.4) is 0 Å². The lowest BCUT2D eigenvalue weighted by Gasteiger charge is -2.00. The molecule has 0 bridgehead atoms. The fraction of sp³-hybridized carbons (Fsp3) is 0.375. The number of carbonyl (C=O) groups excluding carboxylic acids is 1. The van der Waals surface area contributed by atoms with Gasteiger partial charge in [0.05, 0.1) is 5.02 Å². The zero-order chi connectivity index (χ0) is 9.84. The van der Waals surface area contributed by atoms with Crippen molar-refractivity contribution in [2.24, 2.45) is 0 Å². The van der Waals surface area contributed by atoms with Crippen molar-refractivity contribution in [1.29, 1.82) is 0 Å². The molecule has 1 amide bonds. The summed E-state index contributed by atoms with van der Waals surface area (Å²) in [6.45, 7) is 2.34. The number of hydrogen-bond donors (Lipinski definition) is 1. The molecule has 5 heteroatoms. The molecule has 0 unspecified atom stereocenters. The van der Waals surface area contributed by atoms with Gasteiger partial charge in [-0.25, -0.2) is 0 Å². The Morgan fingerprint density at radius 3 is 2.85 bits per heavy atom. The van der Waals surface area contributed by atoms with Gasteiger partial charge in [0.2, 0.25) is 0 Å². The Bertz CT molecular complexity index is 311. The Kier molecular flexibility index (Phi) is 4.03. The Morgan fingerprint density at radius 2 is 2.38 bits per heavy atom. The maximum absolute atomic E-state index is 11.4. The van der Waals surface area contributed by atoms with Crippen molar-refractivity contribution in [1.82, 2.24) is 5.32 Å². The van der Waals surface area contributed by atoms with Crippen LogP contribution < -0.4 is 5.32 Å². The molecule has 0 aromatic carbocycles. The number of rotatable bonds is 3. The molecule has 0 radical (unpaired) electrons. The number of amides is 1. The summed E-state index contributed by atoms with van der Waals surface area (Å²) in [6, 6.07) is 0. The van der Waals surface area contributed by atoms with Gasteiger partial charge in [-0.2, -0.15) is 0 Å². The Balaban J connectivity index is 2.71. The molecule has 0 saturated carbocycles. The number of thiophene rings is 1. The summed E-state index contributed by atoms with van der Waals surface area (Å²) in [7, 11) is 0. The zero-order valence-corrected chi connectivity index (χ0v) is 9.39. The molecule has 0 aliphatic heterocycles. The van der Waals surface area contributed by atoms with Crippen molar-refractivity contribution < 1.29 is 4.79 Å². The molecule has 0 aliphatic carbocycles. The fourth-order valence-corrected chi connectivity index (χ4v) is 2.11. The van der Waals surface area contributed by atoms with E-state index >= 15 is 0 Å². The first-order chi connectivity index (χ1) is 6.16. The first kappa shape index (κ1) is 10.8. The van der Waals surface area contributed by atoms with Crippen molar-refractivity contribution in [3.8, 4) is 0 Å². The van der Waals surface area contributed by atoms with Gasteiger partial charge in [0.1, 0.15) is 4.88 Å². The van der Waals surface area contributed by atoms with Crippen molar-refractivity contribution in [2.75, 3.05) is 12.4 Å². The molecule has 13 heavy (non-hydrogen) atoms. The Morgan fingerprint density at radius 1 is 1.69 bits per heavy atom. The number of halogens is 2. The lowest BCUT2D eigenvalue weighted by molar-refractivity contribution is 0.0960. The van der Waals surface area contributed by atoms with Gasteiger partial charge in [0.15, 0.2) is 0 Å². The molecule has 0 atom stereocenters. The average molecular weight is 238 g/mol. The van der Waals surface area contributed by atoms with E-state index in [0.29, 0.717) is 22.3 Å². The lowest BCUT2D eigenvalue weighted by atomic mass is 10.3. The fourth-order valence-electron chi connectivity index (χ4n) is 0.824. The third-order valence-corrected chi connectivity index (χ3v) is 3.37. The highest BCUT2D eigenvalue weighted by Crippen LogP contribution is 2.26. The minimum atomic E-state index is -0.149. The molecule has 1 aromatic heterocycles. The highest BCUT2D eigenvalue weighted by Gasteiger charge is 2.13. The second kappa shape index (κ2) is 4.84. The van der Waals surface area contributed by atoms with Crippen molar-refractivity contribution in [3.05, 3.63) is 20.8 Å². The van der Waals surface area contributed by atoms with Crippen LogP contribution in [0.5, 0.6) is 0 Å². The predicted octanol–water partition coefficient (Wildman–Crippen LogP) is 2.68. The average Bonchev–Trinajstić information content (AvgIpc) is 2.44. The maximum Gasteiger partial charge on any atom is 0.262 e. The van der Waals surface area contributed by atoms with Crippen LogP contribution in [0, 0.1) is 6.92 Å². The second-order valence-corrected chi connectivity index (χ2v) is 4.14. The van der Waals surface area contributed by atoms with E-state index in [2.05, 4.69) is 5.32 Å². The van der Waals surface area contributed by atoms with Crippen LogP contribution in [0.2, 0.25) is 5.02 Å². The molecular formula is C8H9Cl2NOS. The summed E-state index contributed by atoms with van der Waals surface area (Å²) in [6.07, 6.45) is 0. The molecule has 0 spiro atoms. The summed E-state index contributed by atoms with van der Waals surface area (Å²) < 4.78 is 0. The lowest BCUT2D eigenvalue weighted by Crippen LogP contribution is -2.24. The normalized spacial score (nSPS) is 10.1. The van der Waals surface area contributed by atoms with Gasteiger partial charge < -0.3 is 5.32 Å². The highest BCUT2D eigenvalue weighted by atomic mass is 35.5. The van der Waals surface area contributed by atoms with Gasteiger partial charge in [-0.05, 0) is 17.9 Å². The molecule has 0 saturated heterocycles. The van der Waals surface area contributed by atoms with Crippen LogP contribution in [-0.4, -0.2) is 18.3 Å². The first-order valence-corrected chi connectivity index (χ1v) is 5.53. The van der Waals surface area contributed by atoms with E-state index in [9.17, 15) is 4.79 Å². The molecule has 72 valence electrons. The van der Waals surface area contributed by atoms with Crippen LogP contribution >= 0.6 is 34.5 Å². The van der Waals surface area contributed by atoms with Crippen LogP contribution in [0.25, 0.3) is 0 Å². The van der Waals surface area contributed by atoms with E-state index in [-0.39, 0.29) is 5.91 Å². The molecule has 1 rings (SSSR count). The third-order valence-electron chi connectivity index (χ3n) is 1.49. The third kappa shape index (κ3) is 2.59. The smallest absolute Gasteiger partial charge is 0.262 e. The molecule has 0 fully saturated rings. The summed E-state index contributed by atoms with van der Waals surface area (Å²) in [4.78, 5) is 12.0. The standard InChI is InChI=1S/C8H9Cl2NOS/c1-5-4-13-7(6(5)10)8(12)11-3-2-9/h4H,2-3H2,1H3,(H,11,12). The van der Waals surface area contributed by atoms with Gasteiger partial charge in [0.25, 0.3) is 5.91 Å². The van der Waals surface area contributed by atoms with Crippen LogP contribution in [0.4, 0.5) is 0 Å². The van der Waals surface area contributed by atoms with Crippen LogP contribution in [0.1, 0.15) is 15.2 Å². The van der Waals surface area contributed by atoms with E-state index in [4.69, 9.17) is 23.2 Å². The minimum Gasteiger partial charge on any atom is -0.350 e. The Hall–Kier alpha value is -0.250. The van der Waals surface area contributed by atoms with Crippen LogP contribution in [0.15, 0.2) is 5.38 Å². The van der Waals surface area contributed by atoms with Gasteiger partial charge >= 0.3 is 0 Å². The number of carbonyl (C=O) groups is 1. The summed E-state index contributed by atoms with van der Waals surface area (Å²) in [5.74, 6) is 0.261. The summed E-state index contributed by atoms with van der Waals surface area (Å²) in [5, 5.41) is 5.06. The molecule has 1 aromatic rings. The molecular weight excluding hydrogens is 229 g/mol. The monoisotopic (exact) mass is 237 g/mol. The minimum absolute atomic E-state index is 0.149. The maximum atomic E-state index is 11.4. The largest absolute Gasteiger partial charge is 0.350 e. The predicted molar refractivity (Wildman–Crippen MR) is 57.1 cm³/mol. The number of aryl methyl sites for hydroxylation is 1. The van der Waals surface area contributed by atoms with E-state index in [0.717, 1.165) is 5.56 Å². The molecule has 1 N–H and O–H groups in total. The highest BCUT2D eigenvalue weighted by molar-refractivity contribution is 7.13. The SMILES string of the molecule is Cc1csc(C(=O)NCCCl)c1Cl. The number of hydrogen-bond acceptors (Lipinski definition) is 2. The van der Waals surface area contributed by atoms with Crippen LogP contribution in [-0.2, 0) is 0 Å². The summed E-state index contributed by atoms with van der Waals surface area (Å²) >= 11 is 12.7. The zero-order valence-electron chi connectivity index (χ0n) is 7.06.